The van der Waals surface area contributed by atoms with Gasteiger partial charge >= 0.3 is 0 Å². The number of hydrogen-bond donors (Lipinski definition) is 1. The van der Waals surface area contributed by atoms with Crippen molar-refractivity contribution in [3.63, 3.8) is 0 Å². The molecule has 2 aliphatic heterocycles. The summed E-state index contributed by atoms with van der Waals surface area (Å²) in [7, 11) is 0. The van der Waals surface area contributed by atoms with Gasteiger partial charge in [-0.05, 0) is 54.0 Å². The van der Waals surface area contributed by atoms with Crippen molar-refractivity contribution in [2.75, 3.05) is 19.7 Å². The first kappa shape index (κ1) is 16.2. The maximum Gasteiger partial charge on any atom is 0.121 e. The van der Waals surface area contributed by atoms with Gasteiger partial charge in [-0.3, -0.25) is 5.32 Å². The minimum absolute atomic E-state index is 0. The van der Waals surface area contributed by atoms with Gasteiger partial charge in [0.2, 0.25) is 0 Å². The molecule has 2 unspecified atom stereocenters. The molecule has 2 heterocycles. The van der Waals surface area contributed by atoms with Crippen molar-refractivity contribution in [1.82, 2.24) is 10.2 Å². The van der Waals surface area contributed by atoms with E-state index >= 15 is 0 Å². The SMILES string of the molecule is CC(C)N1CCCC(C2(C)NC(C)(C)CO2)C1.Cl. The molecule has 0 radical (unpaired) electrons. The molecule has 0 amide bonds. The summed E-state index contributed by atoms with van der Waals surface area (Å²) in [6, 6.07) is 0.649. The second-order valence-corrected chi connectivity index (χ2v) is 6.83. The predicted molar refractivity (Wildman–Crippen MR) is 78.3 cm³/mol. The van der Waals surface area contributed by atoms with Gasteiger partial charge in [0.15, 0.2) is 0 Å². The van der Waals surface area contributed by atoms with E-state index in [4.69, 9.17) is 4.74 Å². The number of rotatable bonds is 2. The number of halogens is 1. The van der Waals surface area contributed by atoms with Crippen LogP contribution >= 0.6 is 12.4 Å². The molecule has 0 aromatic heterocycles. The highest BCUT2D eigenvalue weighted by atomic mass is 35.5. The van der Waals surface area contributed by atoms with E-state index < -0.39 is 0 Å². The average molecular weight is 277 g/mol. The zero-order valence-electron chi connectivity index (χ0n) is 12.5. The van der Waals surface area contributed by atoms with E-state index in [0.717, 1.165) is 13.2 Å². The number of piperidine rings is 1. The fourth-order valence-electron chi connectivity index (χ4n) is 3.22. The molecule has 3 nitrogen and oxygen atoms in total. The van der Waals surface area contributed by atoms with Crippen LogP contribution in [0.15, 0.2) is 0 Å². The van der Waals surface area contributed by atoms with Crippen molar-refractivity contribution in [3.8, 4) is 0 Å². The minimum atomic E-state index is -0.128. The third kappa shape index (κ3) is 3.38. The van der Waals surface area contributed by atoms with Gasteiger partial charge in [0.05, 0.1) is 6.61 Å². The monoisotopic (exact) mass is 276 g/mol. The van der Waals surface area contributed by atoms with E-state index in [0.29, 0.717) is 12.0 Å². The molecule has 4 heteroatoms. The van der Waals surface area contributed by atoms with E-state index in [9.17, 15) is 0 Å². The summed E-state index contributed by atoms with van der Waals surface area (Å²) in [6.07, 6.45) is 2.58. The Hall–Kier alpha value is 0.170. The minimum Gasteiger partial charge on any atom is -0.359 e. The quantitative estimate of drug-likeness (QED) is 0.839. The van der Waals surface area contributed by atoms with E-state index in [2.05, 4.69) is 44.8 Å². The first-order chi connectivity index (χ1) is 7.82. The number of ether oxygens (including phenoxy) is 1. The van der Waals surface area contributed by atoms with Crippen molar-refractivity contribution in [3.05, 3.63) is 0 Å². The highest BCUT2D eigenvalue weighted by Crippen LogP contribution is 2.34. The molecule has 18 heavy (non-hydrogen) atoms. The smallest absolute Gasteiger partial charge is 0.121 e. The van der Waals surface area contributed by atoms with Crippen LogP contribution in [-0.2, 0) is 4.74 Å². The molecular weight excluding hydrogens is 248 g/mol. The zero-order chi connectivity index (χ0) is 12.7. The Balaban J connectivity index is 0.00000162. The molecule has 2 atom stereocenters. The van der Waals surface area contributed by atoms with Gasteiger partial charge in [-0.1, -0.05) is 0 Å². The Morgan fingerprint density at radius 3 is 2.44 bits per heavy atom. The van der Waals surface area contributed by atoms with Crippen molar-refractivity contribution in [2.24, 2.45) is 5.92 Å². The highest BCUT2D eigenvalue weighted by Gasteiger charge is 2.46. The van der Waals surface area contributed by atoms with E-state index in [1.54, 1.807) is 0 Å². The molecule has 108 valence electrons. The lowest BCUT2D eigenvalue weighted by molar-refractivity contribution is -0.0693. The maximum atomic E-state index is 6.09. The third-order valence-electron chi connectivity index (χ3n) is 4.28. The van der Waals surface area contributed by atoms with Gasteiger partial charge in [-0.25, -0.2) is 0 Å². The molecule has 0 aliphatic carbocycles. The van der Waals surface area contributed by atoms with Crippen molar-refractivity contribution in [1.29, 1.82) is 0 Å². The Morgan fingerprint density at radius 2 is 1.94 bits per heavy atom. The van der Waals surface area contributed by atoms with Gasteiger partial charge in [0, 0.05) is 24.0 Å². The van der Waals surface area contributed by atoms with Crippen LogP contribution in [0.4, 0.5) is 0 Å². The first-order valence-electron chi connectivity index (χ1n) is 7.00. The fourth-order valence-corrected chi connectivity index (χ4v) is 3.22. The van der Waals surface area contributed by atoms with E-state index in [1.165, 1.54) is 19.4 Å². The second kappa shape index (κ2) is 5.66. The molecule has 2 rings (SSSR count). The van der Waals surface area contributed by atoms with Crippen molar-refractivity contribution < 1.29 is 4.74 Å². The summed E-state index contributed by atoms with van der Waals surface area (Å²) in [5, 5.41) is 3.69. The number of hydrogen-bond acceptors (Lipinski definition) is 3. The van der Waals surface area contributed by atoms with Crippen LogP contribution in [0, 0.1) is 5.92 Å². The predicted octanol–water partition coefficient (Wildman–Crippen LogP) is 2.64. The molecule has 0 aromatic rings. The van der Waals surface area contributed by atoms with Crippen LogP contribution < -0.4 is 5.32 Å². The van der Waals surface area contributed by atoms with E-state index in [1.807, 2.05) is 0 Å². The van der Waals surface area contributed by atoms with Crippen molar-refractivity contribution >= 4 is 12.4 Å². The van der Waals surface area contributed by atoms with Gasteiger partial charge in [0.1, 0.15) is 5.72 Å². The lowest BCUT2D eigenvalue weighted by Crippen LogP contribution is -2.56. The lowest BCUT2D eigenvalue weighted by Gasteiger charge is -2.43. The molecule has 0 spiro atoms. The summed E-state index contributed by atoms with van der Waals surface area (Å²) < 4.78 is 6.09. The highest BCUT2D eigenvalue weighted by molar-refractivity contribution is 5.85. The van der Waals surface area contributed by atoms with Gasteiger partial charge in [-0.15, -0.1) is 12.4 Å². The Kier molecular flexibility index (Phi) is 5.10. The lowest BCUT2D eigenvalue weighted by atomic mass is 9.87. The first-order valence-corrected chi connectivity index (χ1v) is 7.00. The Labute approximate surface area is 118 Å². The fraction of sp³-hybridized carbons (Fsp3) is 1.00. The standard InChI is InChI=1S/C14H28N2O.ClH/c1-11(2)16-8-6-7-12(9-16)14(5)15-13(3,4)10-17-14;/h11-12,15H,6-10H2,1-5H3;1H. The summed E-state index contributed by atoms with van der Waals surface area (Å²) in [6.45, 7) is 14.5. The van der Waals surface area contributed by atoms with Crippen molar-refractivity contribution in [2.45, 2.75) is 64.8 Å². The van der Waals surface area contributed by atoms with Gasteiger partial charge < -0.3 is 9.64 Å². The molecule has 0 saturated carbocycles. The number of likely N-dealkylation sites (tertiary alicyclic amines) is 1. The Bertz CT molecular complexity index is 283. The van der Waals surface area contributed by atoms with E-state index in [-0.39, 0.29) is 23.7 Å². The van der Waals surface area contributed by atoms with Crippen LogP contribution in [0.25, 0.3) is 0 Å². The second-order valence-electron chi connectivity index (χ2n) is 6.83. The number of nitrogens with one attached hydrogen (secondary N) is 1. The normalized spacial score (nSPS) is 36.7. The summed E-state index contributed by atoms with van der Waals surface area (Å²) >= 11 is 0. The largest absolute Gasteiger partial charge is 0.359 e. The molecule has 2 fully saturated rings. The maximum absolute atomic E-state index is 6.09. The van der Waals surface area contributed by atoms with Crippen LogP contribution in [-0.4, -0.2) is 41.9 Å². The average Bonchev–Trinajstić information content (AvgIpc) is 2.55. The van der Waals surface area contributed by atoms with Crippen LogP contribution in [0.3, 0.4) is 0 Å². The number of nitrogens with zero attached hydrogens (tertiary/aromatic N) is 1. The molecule has 0 bridgehead atoms. The van der Waals surface area contributed by atoms with Crippen LogP contribution in [0.2, 0.25) is 0 Å². The molecule has 2 aliphatic rings. The zero-order valence-corrected chi connectivity index (χ0v) is 13.3. The van der Waals surface area contributed by atoms with Crippen LogP contribution in [0.1, 0.15) is 47.5 Å². The molecule has 1 N–H and O–H groups in total. The molecule has 0 aromatic carbocycles. The topological polar surface area (TPSA) is 24.5 Å². The summed E-state index contributed by atoms with van der Waals surface area (Å²) in [4.78, 5) is 2.58. The van der Waals surface area contributed by atoms with Gasteiger partial charge in [0.25, 0.3) is 0 Å². The third-order valence-corrected chi connectivity index (χ3v) is 4.28. The summed E-state index contributed by atoms with van der Waals surface area (Å²) in [5.74, 6) is 0.612. The van der Waals surface area contributed by atoms with Crippen LogP contribution in [0.5, 0.6) is 0 Å². The molecule has 2 saturated heterocycles. The molecular formula is C14H29ClN2O. The summed E-state index contributed by atoms with van der Waals surface area (Å²) in [5.41, 5.74) is -0.00802. The Morgan fingerprint density at radius 1 is 1.28 bits per heavy atom. The van der Waals surface area contributed by atoms with Gasteiger partial charge in [-0.2, -0.15) is 0 Å².